The summed E-state index contributed by atoms with van der Waals surface area (Å²) in [6, 6.07) is 7.81. The van der Waals surface area contributed by atoms with Crippen molar-refractivity contribution >= 4 is 15.9 Å². The van der Waals surface area contributed by atoms with Crippen molar-refractivity contribution in [1.29, 1.82) is 0 Å². The molecule has 0 radical (unpaired) electrons. The van der Waals surface area contributed by atoms with Crippen LogP contribution in [-0.4, -0.2) is 17.7 Å². The number of halogens is 1. The van der Waals surface area contributed by atoms with Crippen LogP contribution in [-0.2, 0) is 0 Å². The lowest BCUT2D eigenvalue weighted by Crippen LogP contribution is -2.29. The minimum absolute atomic E-state index is 0.0456. The van der Waals surface area contributed by atoms with Crippen LogP contribution in [0.15, 0.2) is 40.9 Å². The maximum absolute atomic E-state index is 10.0. The summed E-state index contributed by atoms with van der Waals surface area (Å²) in [7, 11) is 0. The van der Waals surface area contributed by atoms with Crippen molar-refractivity contribution in [3.63, 3.8) is 0 Å². The molecule has 2 atom stereocenters. The van der Waals surface area contributed by atoms with E-state index in [4.69, 9.17) is 0 Å². The van der Waals surface area contributed by atoms with Crippen molar-refractivity contribution in [3.8, 4) is 0 Å². The molecule has 0 spiro atoms. The minimum Gasteiger partial charge on any atom is -0.386 e. The van der Waals surface area contributed by atoms with E-state index in [9.17, 15) is 5.11 Å². The van der Waals surface area contributed by atoms with Gasteiger partial charge in [-0.2, -0.15) is 0 Å². The predicted octanol–water partition coefficient (Wildman–Crippen LogP) is 2.01. The molecule has 0 bridgehead atoms. The fourth-order valence-corrected chi connectivity index (χ4v) is 2.02. The highest BCUT2D eigenvalue weighted by Crippen LogP contribution is 2.22. The van der Waals surface area contributed by atoms with E-state index in [1.54, 1.807) is 0 Å². The zero-order chi connectivity index (χ0) is 9.97. The summed E-state index contributed by atoms with van der Waals surface area (Å²) < 4.78 is 0.996. The van der Waals surface area contributed by atoms with E-state index < -0.39 is 6.10 Å². The predicted molar refractivity (Wildman–Crippen MR) is 60.0 cm³/mol. The summed E-state index contributed by atoms with van der Waals surface area (Å²) in [6.07, 6.45) is 3.57. The zero-order valence-electron chi connectivity index (χ0n) is 7.65. The molecule has 1 heterocycles. The van der Waals surface area contributed by atoms with Gasteiger partial charge < -0.3 is 10.4 Å². The number of hydrogen-bond acceptors (Lipinski definition) is 2. The van der Waals surface area contributed by atoms with Gasteiger partial charge in [0.05, 0.1) is 12.1 Å². The van der Waals surface area contributed by atoms with Crippen molar-refractivity contribution < 1.29 is 5.11 Å². The fraction of sp³-hybridized carbons (Fsp3) is 0.273. The quantitative estimate of drug-likeness (QED) is 0.791. The van der Waals surface area contributed by atoms with Crippen molar-refractivity contribution in [2.24, 2.45) is 0 Å². The lowest BCUT2D eigenvalue weighted by atomic mass is 10.0. The Hall–Kier alpha value is -0.640. The highest BCUT2D eigenvalue weighted by molar-refractivity contribution is 9.10. The average molecular weight is 254 g/mol. The van der Waals surface area contributed by atoms with Gasteiger partial charge in [0.25, 0.3) is 0 Å². The first kappa shape index (κ1) is 9.90. The molecule has 0 saturated carbocycles. The first-order chi connectivity index (χ1) is 6.77. The molecule has 1 aromatic carbocycles. The monoisotopic (exact) mass is 253 g/mol. The molecule has 0 fully saturated rings. The van der Waals surface area contributed by atoms with Gasteiger partial charge in [-0.3, -0.25) is 0 Å². The molecule has 1 aromatic rings. The zero-order valence-corrected chi connectivity index (χ0v) is 9.24. The highest BCUT2D eigenvalue weighted by atomic mass is 79.9. The summed E-state index contributed by atoms with van der Waals surface area (Å²) in [5.74, 6) is 0. The largest absolute Gasteiger partial charge is 0.386 e. The molecule has 2 nitrogen and oxygen atoms in total. The summed E-state index contributed by atoms with van der Waals surface area (Å²) >= 11 is 3.39. The second-order valence-corrected chi connectivity index (χ2v) is 4.28. The Morgan fingerprint density at radius 2 is 2.36 bits per heavy atom. The molecule has 0 amide bonds. The van der Waals surface area contributed by atoms with Gasteiger partial charge in [0.1, 0.15) is 0 Å². The van der Waals surface area contributed by atoms with E-state index in [0.29, 0.717) is 0 Å². The lowest BCUT2D eigenvalue weighted by molar-refractivity contribution is 0.152. The third-order valence-electron chi connectivity index (χ3n) is 2.35. The van der Waals surface area contributed by atoms with Gasteiger partial charge in [0.2, 0.25) is 0 Å². The van der Waals surface area contributed by atoms with Crippen molar-refractivity contribution in [2.45, 2.75) is 12.1 Å². The Morgan fingerprint density at radius 1 is 1.50 bits per heavy atom. The molecule has 0 aromatic heterocycles. The van der Waals surface area contributed by atoms with Gasteiger partial charge >= 0.3 is 0 Å². The van der Waals surface area contributed by atoms with Crippen molar-refractivity contribution in [3.05, 3.63) is 46.5 Å². The minimum atomic E-state index is -0.466. The van der Waals surface area contributed by atoms with Crippen LogP contribution < -0.4 is 5.32 Å². The molecule has 1 aliphatic heterocycles. The van der Waals surface area contributed by atoms with Gasteiger partial charge in [-0.05, 0) is 17.7 Å². The number of aliphatic hydroxyl groups is 1. The Kier molecular flexibility index (Phi) is 3.01. The van der Waals surface area contributed by atoms with E-state index in [1.165, 1.54) is 0 Å². The van der Waals surface area contributed by atoms with E-state index in [0.717, 1.165) is 16.6 Å². The Bertz CT molecular complexity index is 351. The Morgan fingerprint density at radius 3 is 3.00 bits per heavy atom. The van der Waals surface area contributed by atoms with Crippen LogP contribution in [0, 0.1) is 0 Å². The maximum Gasteiger partial charge on any atom is 0.0979 e. The molecule has 0 saturated heterocycles. The summed E-state index contributed by atoms with van der Waals surface area (Å²) in [4.78, 5) is 0. The molecular weight excluding hydrogens is 242 g/mol. The summed E-state index contributed by atoms with van der Waals surface area (Å²) in [6.45, 7) is 0.843. The fourth-order valence-electron chi connectivity index (χ4n) is 1.60. The van der Waals surface area contributed by atoms with Crippen molar-refractivity contribution in [1.82, 2.24) is 5.32 Å². The molecule has 2 rings (SSSR count). The van der Waals surface area contributed by atoms with Crippen LogP contribution in [0.5, 0.6) is 0 Å². The number of benzene rings is 1. The highest BCUT2D eigenvalue weighted by Gasteiger charge is 2.19. The molecule has 14 heavy (non-hydrogen) atoms. The second kappa shape index (κ2) is 4.26. The van der Waals surface area contributed by atoms with Crippen LogP contribution >= 0.6 is 15.9 Å². The van der Waals surface area contributed by atoms with Gasteiger partial charge in [0, 0.05) is 11.0 Å². The van der Waals surface area contributed by atoms with Crippen LogP contribution in [0.4, 0.5) is 0 Å². The molecular formula is C11H12BrNO. The van der Waals surface area contributed by atoms with E-state index in [1.807, 2.05) is 36.4 Å². The van der Waals surface area contributed by atoms with Crippen LogP contribution in [0.3, 0.4) is 0 Å². The maximum atomic E-state index is 10.0. The third kappa shape index (κ3) is 2.05. The molecule has 74 valence electrons. The normalized spacial score (nSPS) is 22.6. The number of aliphatic hydroxyl groups excluding tert-OH is 1. The van der Waals surface area contributed by atoms with Crippen LogP contribution in [0.25, 0.3) is 0 Å². The molecule has 2 N–H and O–H groups in total. The third-order valence-corrected chi connectivity index (χ3v) is 2.84. The van der Waals surface area contributed by atoms with Crippen LogP contribution in [0.1, 0.15) is 11.7 Å². The van der Waals surface area contributed by atoms with Crippen LogP contribution in [0.2, 0.25) is 0 Å². The summed E-state index contributed by atoms with van der Waals surface area (Å²) in [5, 5.41) is 13.2. The average Bonchev–Trinajstić information content (AvgIpc) is 2.69. The standard InChI is InChI=1S/C11H12BrNO/c12-9-4-1-3-8(7-9)11(14)10-5-2-6-13-10/h1-5,7,10-11,13-14H,6H2. The molecule has 0 aliphatic carbocycles. The number of rotatable bonds is 2. The topological polar surface area (TPSA) is 32.3 Å². The van der Waals surface area contributed by atoms with E-state index in [2.05, 4.69) is 21.2 Å². The van der Waals surface area contributed by atoms with E-state index >= 15 is 0 Å². The Balaban J connectivity index is 2.17. The first-order valence-electron chi connectivity index (χ1n) is 4.61. The van der Waals surface area contributed by atoms with E-state index in [-0.39, 0.29) is 6.04 Å². The lowest BCUT2D eigenvalue weighted by Gasteiger charge is -2.17. The van der Waals surface area contributed by atoms with Gasteiger partial charge in [-0.15, -0.1) is 0 Å². The molecule has 2 unspecified atom stereocenters. The molecule has 1 aliphatic rings. The van der Waals surface area contributed by atoms with Crippen molar-refractivity contribution in [2.75, 3.05) is 6.54 Å². The van der Waals surface area contributed by atoms with Gasteiger partial charge in [-0.25, -0.2) is 0 Å². The SMILES string of the molecule is OC(c1cccc(Br)c1)C1C=CCN1. The first-order valence-corrected chi connectivity index (χ1v) is 5.40. The van der Waals surface area contributed by atoms with Gasteiger partial charge in [0.15, 0.2) is 0 Å². The smallest absolute Gasteiger partial charge is 0.0979 e. The number of hydrogen-bond donors (Lipinski definition) is 2. The number of nitrogens with one attached hydrogen (secondary N) is 1. The molecule has 3 heteroatoms. The Labute approximate surface area is 91.8 Å². The van der Waals surface area contributed by atoms with Gasteiger partial charge in [-0.1, -0.05) is 40.2 Å². The second-order valence-electron chi connectivity index (χ2n) is 3.36. The summed E-state index contributed by atoms with van der Waals surface area (Å²) in [5.41, 5.74) is 0.934.